The molecule has 0 saturated heterocycles. The highest BCUT2D eigenvalue weighted by molar-refractivity contribution is 6.05. The molecular weight excluding hydrogens is 476 g/mol. The first-order valence-corrected chi connectivity index (χ1v) is 13.3. The van der Waals surface area contributed by atoms with Crippen molar-refractivity contribution < 1.29 is 14.3 Å². The lowest BCUT2D eigenvalue weighted by molar-refractivity contribution is -0.123. The van der Waals surface area contributed by atoms with Crippen LogP contribution in [0.1, 0.15) is 55.1 Å². The minimum absolute atomic E-state index is 0.0415. The third kappa shape index (κ3) is 5.01. The number of amides is 2. The van der Waals surface area contributed by atoms with Crippen molar-refractivity contribution in [1.29, 1.82) is 0 Å². The van der Waals surface area contributed by atoms with E-state index in [1.807, 2.05) is 73.0 Å². The van der Waals surface area contributed by atoms with Crippen LogP contribution < -0.4 is 15.0 Å². The molecule has 4 aromatic rings. The molecule has 2 aromatic carbocycles. The van der Waals surface area contributed by atoms with E-state index in [2.05, 4.69) is 5.32 Å². The summed E-state index contributed by atoms with van der Waals surface area (Å²) in [6.07, 6.45) is 7.70. The number of nitrogens with zero attached hydrogens (tertiary/aromatic N) is 3. The molecule has 1 N–H and O–H groups in total. The number of carbonyl (C=O) groups is 2. The van der Waals surface area contributed by atoms with Gasteiger partial charge in [-0.2, -0.15) is 0 Å². The number of carbonyl (C=O) groups excluding carboxylic acids is 2. The Kier molecular flexibility index (Phi) is 7.45. The number of methoxy groups -OCH3 is 1. The van der Waals surface area contributed by atoms with Gasteiger partial charge < -0.3 is 10.1 Å². The maximum absolute atomic E-state index is 13.4. The lowest BCUT2D eigenvalue weighted by Crippen LogP contribution is -2.35. The van der Waals surface area contributed by atoms with Gasteiger partial charge in [0.1, 0.15) is 17.2 Å². The van der Waals surface area contributed by atoms with Crippen molar-refractivity contribution >= 4 is 29.0 Å². The fraction of sp³-hybridized carbons (Fsp3) is 0.323. The summed E-state index contributed by atoms with van der Waals surface area (Å²) in [6, 6.07) is 19.3. The van der Waals surface area contributed by atoms with Crippen molar-refractivity contribution in [3.8, 4) is 16.9 Å². The van der Waals surface area contributed by atoms with E-state index in [4.69, 9.17) is 9.72 Å². The quantitative estimate of drug-likeness (QED) is 0.314. The molecule has 0 bridgehead atoms. The van der Waals surface area contributed by atoms with Crippen molar-refractivity contribution in [3.63, 3.8) is 0 Å². The number of ether oxygens (including phenoxy) is 1. The molecule has 1 aliphatic rings. The van der Waals surface area contributed by atoms with Crippen LogP contribution in [0.5, 0.6) is 5.75 Å². The van der Waals surface area contributed by atoms with E-state index in [1.165, 1.54) is 6.42 Å². The zero-order chi connectivity index (χ0) is 26.6. The van der Waals surface area contributed by atoms with Crippen LogP contribution in [0.2, 0.25) is 0 Å². The predicted octanol–water partition coefficient (Wildman–Crippen LogP) is 6.37. The highest BCUT2D eigenvalue weighted by atomic mass is 16.5. The fourth-order valence-corrected chi connectivity index (χ4v) is 5.35. The van der Waals surface area contributed by atoms with Gasteiger partial charge in [-0.05, 0) is 54.7 Å². The van der Waals surface area contributed by atoms with Gasteiger partial charge in [-0.25, -0.2) is 4.98 Å². The monoisotopic (exact) mass is 510 g/mol. The first-order valence-electron chi connectivity index (χ1n) is 13.3. The number of fused-ring (bicyclic) bond motifs is 1. The Morgan fingerprint density at radius 1 is 1.03 bits per heavy atom. The lowest BCUT2D eigenvalue weighted by atomic mass is 9.88. The smallest absolute Gasteiger partial charge is 0.257 e. The van der Waals surface area contributed by atoms with Crippen LogP contribution >= 0.6 is 0 Å². The van der Waals surface area contributed by atoms with E-state index in [0.29, 0.717) is 29.1 Å². The Bertz CT molecular complexity index is 1460. The van der Waals surface area contributed by atoms with Crippen LogP contribution in [0.15, 0.2) is 66.9 Å². The van der Waals surface area contributed by atoms with E-state index >= 15 is 0 Å². The van der Waals surface area contributed by atoms with E-state index in [-0.39, 0.29) is 17.7 Å². The summed E-state index contributed by atoms with van der Waals surface area (Å²) in [4.78, 5) is 33.3. The molecule has 1 fully saturated rings. The molecule has 1 saturated carbocycles. The van der Waals surface area contributed by atoms with Crippen molar-refractivity contribution in [2.75, 3.05) is 24.4 Å². The second-order valence-electron chi connectivity index (χ2n) is 9.85. The van der Waals surface area contributed by atoms with Gasteiger partial charge in [0.25, 0.3) is 5.91 Å². The van der Waals surface area contributed by atoms with E-state index in [9.17, 15) is 9.59 Å². The van der Waals surface area contributed by atoms with Gasteiger partial charge in [-0.1, -0.05) is 62.6 Å². The number of rotatable bonds is 7. The van der Waals surface area contributed by atoms with Gasteiger partial charge in [-0.3, -0.25) is 18.9 Å². The Labute approximate surface area is 223 Å². The molecule has 0 radical (unpaired) electrons. The fourth-order valence-electron chi connectivity index (χ4n) is 5.35. The first kappa shape index (κ1) is 25.5. The maximum atomic E-state index is 13.4. The topological polar surface area (TPSA) is 75.9 Å². The third-order valence-corrected chi connectivity index (χ3v) is 7.42. The van der Waals surface area contributed by atoms with Crippen LogP contribution in [-0.4, -0.2) is 35.4 Å². The summed E-state index contributed by atoms with van der Waals surface area (Å²) >= 11 is 0. The summed E-state index contributed by atoms with van der Waals surface area (Å²) in [5.41, 5.74) is 4.62. The van der Waals surface area contributed by atoms with Crippen LogP contribution in [0.3, 0.4) is 0 Å². The number of hydrogen-bond acceptors (Lipinski definition) is 4. The Morgan fingerprint density at radius 3 is 2.50 bits per heavy atom. The number of aryl methyl sites for hydroxylation is 1. The SMILES string of the molecule is CCc1nc2ccc(C(=O)Nc3cc(-c4ccccc4)ccc3OC)cn2c1N(C)C(=O)C1CCCCC1. The van der Waals surface area contributed by atoms with Gasteiger partial charge in [0.2, 0.25) is 5.91 Å². The Hall–Kier alpha value is -4.13. The number of pyridine rings is 1. The minimum atomic E-state index is -0.269. The summed E-state index contributed by atoms with van der Waals surface area (Å²) in [5.74, 6) is 1.21. The second kappa shape index (κ2) is 11.1. The number of benzene rings is 2. The highest BCUT2D eigenvalue weighted by Crippen LogP contribution is 2.32. The van der Waals surface area contributed by atoms with Crippen LogP contribution in [-0.2, 0) is 11.2 Å². The highest BCUT2D eigenvalue weighted by Gasteiger charge is 2.28. The third-order valence-electron chi connectivity index (χ3n) is 7.42. The zero-order valence-electron chi connectivity index (χ0n) is 22.2. The molecule has 2 heterocycles. The number of hydrogen-bond donors (Lipinski definition) is 1. The van der Waals surface area contributed by atoms with Gasteiger partial charge in [0.05, 0.1) is 24.1 Å². The largest absolute Gasteiger partial charge is 0.495 e. The number of imidazole rings is 1. The molecule has 0 atom stereocenters. The molecule has 1 aliphatic carbocycles. The normalized spacial score (nSPS) is 13.9. The molecule has 2 aromatic heterocycles. The van der Waals surface area contributed by atoms with Gasteiger partial charge >= 0.3 is 0 Å². The standard InChI is InChI=1S/C31H34N4O3/c1-4-25-30(34(2)31(37)22-13-9-6-10-14-22)35-20-24(16-18-28(35)32-25)29(36)33-26-19-23(15-17-27(26)38-3)21-11-7-5-8-12-21/h5,7-8,11-12,15-20,22H,4,6,9-10,13-14H2,1-3H3,(H,33,36). The minimum Gasteiger partial charge on any atom is -0.495 e. The van der Waals surface area contributed by atoms with Gasteiger partial charge in [0.15, 0.2) is 0 Å². The maximum Gasteiger partial charge on any atom is 0.257 e. The molecule has 0 unspecified atom stereocenters. The first-order chi connectivity index (χ1) is 18.5. The van der Waals surface area contributed by atoms with Crippen molar-refractivity contribution in [1.82, 2.24) is 9.38 Å². The van der Waals surface area contributed by atoms with Crippen molar-refractivity contribution in [2.24, 2.45) is 5.92 Å². The summed E-state index contributed by atoms with van der Waals surface area (Å²) in [7, 11) is 3.41. The molecule has 0 spiro atoms. The van der Waals surface area contributed by atoms with Gasteiger partial charge in [0, 0.05) is 19.2 Å². The summed E-state index contributed by atoms with van der Waals surface area (Å²) in [6.45, 7) is 2.03. The van der Waals surface area contributed by atoms with E-state index in [1.54, 1.807) is 24.3 Å². The number of anilines is 2. The molecule has 7 heteroatoms. The van der Waals surface area contributed by atoms with Crippen molar-refractivity contribution in [2.45, 2.75) is 45.4 Å². The molecule has 196 valence electrons. The molecular formula is C31H34N4O3. The molecule has 38 heavy (non-hydrogen) atoms. The van der Waals surface area contributed by atoms with E-state index < -0.39 is 0 Å². The molecule has 2 amide bonds. The number of aromatic nitrogens is 2. The van der Waals surface area contributed by atoms with Crippen LogP contribution in [0, 0.1) is 5.92 Å². The van der Waals surface area contributed by atoms with Crippen LogP contribution in [0.4, 0.5) is 11.5 Å². The zero-order valence-corrected chi connectivity index (χ0v) is 22.2. The van der Waals surface area contributed by atoms with E-state index in [0.717, 1.165) is 48.3 Å². The lowest BCUT2D eigenvalue weighted by Gasteiger charge is -2.26. The Morgan fingerprint density at radius 2 is 1.79 bits per heavy atom. The number of nitrogens with one attached hydrogen (secondary N) is 1. The predicted molar refractivity (Wildman–Crippen MR) is 151 cm³/mol. The molecule has 0 aliphatic heterocycles. The summed E-state index contributed by atoms with van der Waals surface area (Å²) in [5, 5.41) is 3.02. The Balaban J connectivity index is 1.46. The van der Waals surface area contributed by atoms with Crippen LogP contribution in [0.25, 0.3) is 16.8 Å². The summed E-state index contributed by atoms with van der Waals surface area (Å²) < 4.78 is 7.39. The second-order valence-corrected chi connectivity index (χ2v) is 9.85. The van der Waals surface area contributed by atoms with Gasteiger partial charge in [-0.15, -0.1) is 0 Å². The average molecular weight is 511 g/mol. The molecule has 5 rings (SSSR count). The average Bonchev–Trinajstić information content (AvgIpc) is 3.35. The molecule has 7 nitrogen and oxygen atoms in total. The van der Waals surface area contributed by atoms with Crippen molar-refractivity contribution in [3.05, 3.63) is 78.1 Å².